The average molecular weight is 276 g/mol. The Balaban J connectivity index is 2.03. The first kappa shape index (κ1) is 12.7. The molecular weight excluding hydrogens is 256 g/mol. The van der Waals surface area contributed by atoms with Crippen molar-refractivity contribution in [3.8, 4) is 5.75 Å². The Morgan fingerprint density at radius 3 is 2.67 bits per heavy atom. The lowest BCUT2D eigenvalue weighted by Crippen LogP contribution is -2.11. The standard InChI is InChI=1S/C20H20O/c1-13-6-9-17-15(10-13)7-8-16-12-19-14(11-18(16)17)4-3-5-20(19)21-2/h3-5,7-8,11-13H,6,9-10H2,1-2H3/t13-/m1/s1. The van der Waals surface area contributed by atoms with E-state index >= 15 is 0 Å². The van der Waals surface area contributed by atoms with E-state index in [9.17, 15) is 0 Å². The van der Waals surface area contributed by atoms with Crippen LogP contribution in [0.15, 0.2) is 42.5 Å². The van der Waals surface area contributed by atoms with Gasteiger partial charge in [-0.15, -0.1) is 0 Å². The second-order valence-corrected chi connectivity index (χ2v) is 6.31. The maximum absolute atomic E-state index is 5.50. The van der Waals surface area contributed by atoms with Gasteiger partial charge in [0.25, 0.3) is 0 Å². The predicted octanol–water partition coefficient (Wildman–Crippen LogP) is 5.13. The minimum Gasteiger partial charge on any atom is -0.496 e. The van der Waals surface area contributed by atoms with E-state index in [2.05, 4.69) is 43.3 Å². The lowest BCUT2D eigenvalue weighted by Gasteiger charge is -2.23. The fraction of sp³-hybridized carbons (Fsp3) is 0.300. The number of aryl methyl sites for hydroxylation is 1. The number of rotatable bonds is 1. The molecule has 21 heavy (non-hydrogen) atoms. The SMILES string of the molecule is COc1cccc2cc3c4c(ccc3cc12)C[C@H](C)CC4. The second-order valence-electron chi connectivity index (χ2n) is 6.31. The van der Waals surface area contributed by atoms with Crippen LogP contribution in [0.1, 0.15) is 24.5 Å². The molecule has 1 aliphatic rings. The van der Waals surface area contributed by atoms with Crippen molar-refractivity contribution in [2.75, 3.05) is 7.11 Å². The average Bonchev–Trinajstić information content (AvgIpc) is 2.52. The summed E-state index contributed by atoms with van der Waals surface area (Å²) in [4.78, 5) is 0. The Morgan fingerprint density at radius 2 is 1.81 bits per heavy atom. The van der Waals surface area contributed by atoms with Crippen molar-refractivity contribution in [1.82, 2.24) is 0 Å². The molecule has 0 aromatic heterocycles. The molecule has 0 amide bonds. The van der Waals surface area contributed by atoms with Crippen molar-refractivity contribution in [3.63, 3.8) is 0 Å². The zero-order valence-electron chi connectivity index (χ0n) is 12.6. The normalized spacial score (nSPS) is 17.9. The number of benzene rings is 3. The third-order valence-electron chi connectivity index (χ3n) is 4.86. The largest absolute Gasteiger partial charge is 0.496 e. The third-order valence-corrected chi connectivity index (χ3v) is 4.86. The maximum Gasteiger partial charge on any atom is 0.126 e. The zero-order valence-corrected chi connectivity index (χ0v) is 12.6. The van der Waals surface area contributed by atoms with Crippen LogP contribution in [0.3, 0.4) is 0 Å². The summed E-state index contributed by atoms with van der Waals surface area (Å²) in [6, 6.07) is 15.5. The molecule has 1 aliphatic carbocycles. The van der Waals surface area contributed by atoms with E-state index in [1.165, 1.54) is 40.8 Å². The molecule has 1 atom stereocenters. The molecule has 3 aromatic carbocycles. The maximum atomic E-state index is 5.50. The van der Waals surface area contributed by atoms with Crippen molar-refractivity contribution >= 4 is 21.5 Å². The Morgan fingerprint density at radius 1 is 1.00 bits per heavy atom. The molecule has 4 rings (SSSR count). The molecule has 0 N–H and O–H groups in total. The molecule has 0 spiro atoms. The fourth-order valence-corrected chi connectivity index (χ4v) is 3.71. The molecule has 0 radical (unpaired) electrons. The molecule has 1 heteroatoms. The van der Waals surface area contributed by atoms with Crippen LogP contribution in [0.25, 0.3) is 21.5 Å². The van der Waals surface area contributed by atoms with Gasteiger partial charge in [-0.05, 0) is 70.7 Å². The topological polar surface area (TPSA) is 9.23 Å². The molecule has 0 unspecified atom stereocenters. The van der Waals surface area contributed by atoms with Crippen molar-refractivity contribution in [2.24, 2.45) is 5.92 Å². The van der Waals surface area contributed by atoms with Crippen molar-refractivity contribution < 1.29 is 4.74 Å². The summed E-state index contributed by atoms with van der Waals surface area (Å²) in [6.07, 6.45) is 3.74. The molecule has 0 aliphatic heterocycles. The van der Waals surface area contributed by atoms with E-state index in [-0.39, 0.29) is 0 Å². The van der Waals surface area contributed by atoms with Crippen molar-refractivity contribution in [1.29, 1.82) is 0 Å². The minimum absolute atomic E-state index is 0.815. The molecule has 106 valence electrons. The molecule has 0 saturated carbocycles. The fourth-order valence-electron chi connectivity index (χ4n) is 3.71. The van der Waals surface area contributed by atoms with Gasteiger partial charge in [0, 0.05) is 5.39 Å². The van der Waals surface area contributed by atoms with Gasteiger partial charge in [0.15, 0.2) is 0 Å². The summed E-state index contributed by atoms with van der Waals surface area (Å²) in [5, 5.41) is 5.24. The van der Waals surface area contributed by atoms with Gasteiger partial charge in [-0.25, -0.2) is 0 Å². The van der Waals surface area contributed by atoms with Gasteiger partial charge in [0.1, 0.15) is 5.75 Å². The summed E-state index contributed by atoms with van der Waals surface area (Å²) in [6.45, 7) is 2.36. The van der Waals surface area contributed by atoms with Crippen LogP contribution in [0.4, 0.5) is 0 Å². The smallest absolute Gasteiger partial charge is 0.126 e. The van der Waals surface area contributed by atoms with Gasteiger partial charge >= 0.3 is 0 Å². The van der Waals surface area contributed by atoms with Crippen LogP contribution in [0.5, 0.6) is 5.75 Å². The second kappa shape index (κ2) is 4.77. The highest BCUT2D eigenvalue weighted by Crippen LogP contribution is 2.35. The summed E-state index contributed by atoms with van der Waals surface area (Å²) >= 11 is 0. The Hall–Kier alpha value is -2.02. The van der Waals surface area contributed by atoms with Gasteiger partial charge in [-0.2, -0.15) is 0 Å². The summed E-state index contributed by atoms with van der Waals surface area (Å²) in [7, 11) is 1.74. The van der Waals surface area contributed by atoms with Crippen LogP contribution in [-0.4, -0.2) is 7.11 Å². The van der Waals surface area contributed by atoms with E-state index in [4.69, 9.17) is 4.74 Å². The highest BCUT2D eigenvalue weighted by atomic mass is 16.5. The first-order valence-electron chi connectivity index (χ1n) is 7.77. The molecule has 0 bridgehead atoms. The van der Waals surface area contributed by atoms with E-state index in [1.54, 1.807) is 18.2 Å². The number of methoxy groups -OCH3 is 1. The predicted molar refractivity (Wildman–Crippen MR) is 89.2 cm³/mol. The number of fused-ring (bicyclic) bond motifs is 4. The molecule has 0 saturated heterocycles. The highest BCUT2D eigenvalue weighted by molar-refractivity contribution is 6.02. The minimum atomic E-state index is 0.815. The van der Waals surface area contributed by atoms with Crippen molar-refractivity contribution in [3.05, 3.63) is 53.6 Å². The lowest BCUT2D eigenvalue weighted by atomic mass is 9.82. The molecule has 0 fully saturated rings. The number of hydrogen-bond donors (Lipinski definition) is 0. The first-order valence-corrected chi connectivity index (χ1v) is 7.77. The van der Waals surface area contributed by atoms with Crippen LogP contribution >= 0.6 is 0 Å². The van der Waals surface area contributed by atoms with Crippen LogP contribution in [0.2, 0.25) is 0 Å². The molecular formula is C20H20O. The van der Waals surface area contributed by atoms with Crippen molar-refractivity contribution in [2.45, 2.75) is 26.2 Å². The Labute approximate surface area is 125 Å². The highest BCUT2D eigenvalue weighted by Gasteiger charge is 2.17. The summed E-state index contributed by atoms with van der Waals surface area (Å²) in [5.41, 5.74) is 3.11. The van der Waals surface area contributed by atoms with Crippen LogP contribution < -0.4 is 4.74 Å². The zero-order chi connectivity index (χ0) is 14.4. The lowest BCUT2D eigenvalue weighted by molar-refractivity contribution is 0.420. The van der Waals surface area contributed by atoms with Gasteiger partial charge in [-0.1, -0.05) is 31.2 Å². The van der Waals surface area contributed by atoms with Gasteiger partial charge < -0.3 is 4.74 Å². The first-order chi connectivity index (χ1) is 10.3. The number of hydrogen-bond acceptors (Lipinski definition) is 1. The van der Waals surface area contributed by atoms with E-state index < -0.39 is 0 Å². The molecule has 1 nitrogen and oxygen atoms in total. The van der Waals surface area contributed by atoms with Gasteiger partial charge in [0.2, 0.25) is 0 Å². The Bertz CT molecular complexity index is 832. The summed E-state index contributed by atoms with van der Waals surface area (Å²) in [5.74, 6) is 1.77. The third kappa shape index (κ3) is 1.99. The van der Waals surface area contributed by atoms with E-state index in [1.807, 2.05) is 6.07 Å². The van der Waals surface area contributed by atoms with E-state index in [0.717, 1.165) is 11.7 Å². The molecule has 3 aromatic rings. The Kier molecular flexibility index (Phi) is 2.88. The summed E-state index contributed by atoms with van der Waals surface area (Å²) < 4.78 is 5.50. The van der Waals surface area contributed by atoms with Gasteiger partial charge in [-0.3, -0.25) is 0 Å². The van der Waals surface area contributed by atoms with Crippen LogP contribution in [-0.2, 0) is 12.8 Å². The van der Waals surface area contributed by atoms with Crippen LogP contribution in [0, 0.1) is 5.92 Å². The number of ether oxygens (including phenoxy) is 1. The van der Waals surface area contributed by atoms with Gasteiger partial charge in [0.05, 0.1) is 7.11 Å². The molecule has 0 heterocycles. The van der Waals surface area contributed by atoms with E-state index in [0.29, 0.717) is 0 Å². The quantitative estimate of drug-likeness (QED) is 0.560. The monoisotopic (exact) mass is 276 g/mol.